The van der Waals surface area contributed by atoms with E-state index < -0.39 is 6.10 Å². The van der Waals surface area contributed by atoms with E-state index in [1.165, 1.54) is 11.8 Å². The number of fused-ring (bicyclic) bond motifs is 1. The molecule has 2 heterocycles. The average molecular weight is 390 g/mol. The maximum absolute atomic E-state index is 12.5. The zero-order valence-corrected chi connectivity index (χ0v) is 16.1. The SMILES string of the molecule is CC(Oc1ccccc1)C(=O)Nc1ccc2c(c1)CN(C(=O)c1ccco1)CC2. The molecule has 1 aromatic heterocycles. The third kappa shape index (κ3) is 4.32. The Bertz CT molecular complexity index is 999. The van der Waals surface area contributed by atoms with Crippen molar-refractivity contribution in [1.29, 1.82) is 0 Å². The fourth-order valence-corrected chi connectivity index (χ4v) is 3.36. The predicted octanol–water partition coefficient (Wildman–Crippen LogP) is 3.88. The van der Waals surface area contributed by atoms with E-state index in [0.717, 1.165) is 12.0 Å². The number of ether oxygens (including phenoxy) is 1. The maximum Gasteiger partial charge on any atom is 0.289 e. The Labute approximate surface area is 169 Å². The summed E-state index contributed by atoms with van der Waals surface area (Å²) in [7, 11) is 0. The van der Waals surface area contributed by atoms with Crippen molar-refractivity contribution in [3.05, 3.63) is 83.8 Å². The molecular formula is C23H22N2O4. The van der Waals surface area contributed by atoms with Gasteiger partial charge in [0, 0.05) is 18.8 Å². The molecule has 1 atom stereocenters. The monoisotopic (exact) mass is 390 g/mol. The van der Waals surface area contributed by atoms with Crippen LogP contribution >= 0.6 is 0 Å². The molecule has 3 aromatic rings. The normalized spacial score (nSPS) is 14.0. The highest BCUT2D eigenvalue weighted by Crippen LogP contribution is 2.24. The lowest BCUT2D eigenvalue weighted by atomic mass is 9.98. The fourth-order valence-electron chi connectivity index (χ4n) is 3.36. The number of nitrogens with zero attached hydrogens (tertiary/aromatic N) is 1. The summed E-state index contributed by atoms with van der Waals surface area (Å²) in [6.45, 7) is 2.83. The molecule has 1 aliphatic heterocycles. The molecule has 6 heteroatoms. The smallest absolute Gasteiger partial charge is 0.289 e. The van der Waals surface area contributed by atoms with Gasteiger partial charge in [-0.15, -0.1) is 0 Å². The summed E-state index contributed by atoms with van der Waals surface area (Å²) in [6, 6.07) is 18.4. The number of carbonyl (C=O) groups is 2. The van der Waals surface area contributed by atoms with Crippen LogP contribution < -0.4 is 10.1 Å². The lowest BCUT2D eigenvalue weighted by Gasteiger charge is -2.28. The van der Waals surface area contributed by atoms with Gasteiger partial charge in [-0.3, -0.25) is 9.59 Å². The van der Waals surface area contributed by atoms with E-state index in [2.05, 4.69) is 5.32 Å². The first kappa shape index (κ1) is 18.8. The Hall–Kier alpha value is -3.54. The van der Waals surface area contributed by atoms with Gasteiger partial charge < -0.3 is 19.4 Å². The Morgan fingerprint density at radius 2 is 1.90 bits per heavy atom. The zero-order valence-electron chi connectivity index (χ0n) is 16.1. The van der Waals surface area contributed by atoms with Crippen molar-refractivity contribution < 1.29 is 18.7 Å². The van der Waals surface area contributed by atoms with Crippen LogP contribution in [0.5, 0.6) is 5.75 Å². The van der Waals surface area contributed by atoms with Gasteiger partial charge in [0.15, 0.2) is 11.9 Å². The third-order valence-electron chi connectivity index (χ3n) is 4.93. The van der Waals surface area contributed by atoms with E-state index >= 15 is 0 Å². The highest BCUT2D eigenvalue weighted by Gasteiger charge is 2.24. The second-order valence-electron chi connectivity index (χ2n) is 7.00. The number of para-hydroxylation sites is 1. The molecule has 0 saturated heterocycles. The standard InChI is InChI=1S/C23H22N2O4/c1-16(29-20-6-3-2-4-7-20)22(26)24-19-10-9-17-11-12-25(15-18(17)14-19)23(27)21-8-5-13-28-21/h2-10,13-14,16H,11-12,15H2,1H3,(H,24,26). The fraction of sp³-hybridized carbons (Fsp3) is 0.217. The number of hydrogen-bond acceptors (Lipinski definition) is 4. The van der Waals surface area contributed by atoms with Crippen LogP contribution in [0.4, 0.5) is 5.69 Å². The van der Waals surface area contributed by atoms with Crippen LogP contribution in [0, 0.1) is 0 Å². The molecular weight excluding hydrogens is 368 g/mol. The van der Waals surface area contributed by atoms with Crippen molar-refractivity contribution >= 4 is 17.5 Å². The highest BCUT2D eigenvalue weighted by atomic mass is 16.5. The van der Waals surface area contributed by atoms with Gasteiger partial charge in [0.05, 0.1) is 6.26 Å². The first-order chi connectivity index (χ1) is 14.1. The quantitative estimate of drug-likeness (QED) is 0.718. The van der Waals surface area contributed by atoms with Gasteiger partial charge >= 0.3 is 0 Å². The average Bonchev–Trinajstić information content (AvgIpc) is 3.28. The second-order valence-corrected chi connectivity index (χ2v) is 7.00. The zero-order chi connectivity index (χ0) is 20.2. The summed E-state index contributed by atoms with van der Waals surface area (Å²) >= 11 is 0. The molecule has 2 amide bonds. The number of nitrogens with one attached hydrogen (secondary N) is 1. The summed E-state index contributed by atoms with van der Waals surface area (Å²) in [5, 5.41) is 2.90. The topological polar surface area (TPSA) is 71.8 Å². The van der Waals surface area contributed by atoms with Crippen LogP contribution in [0.2, 0.25) is 0 Å². The van der Waals surface area contributed by atoms with E-state index in [1.807, 2.05) is 48.5 Å². The van der Waals surface area contributed by atoms with Crippen LogP contribution in [-0.2, 0) is 17.8 Å². The molecule has 0 spiro atoms. The molecule has 0 saturated carbocycles. The van der Waals surface area contributed by atoms with Crippen LogP contribution in [0.15, 0.2) is 71.3 Å². The Kier molecular flexibility index (Phi) is 5.33. The van der Waals surface area contributed by atoms with Crippen LogP contribution in [-0.4, -0.2) is 29.4 Å². The van der Waals surface area contributed by atoms with Gasteiger partial charge in [-0.05, 0) is 60.9 Å². The molecule has 1 N–H and O–H groups in total. The number of furan rings is 1. The molecule has 0 radical (unpaired) electrons. The van der Waals surface area contributed by atoms with Crippen molar-refractivity contribution in [3.8, 4) is 5.75 Å². The van der Waals surface area contributed by atoms with Crippen molar-refractivity contribution in [2.45, 2.75) is 26.0 Å². The number of hydrogen-bond donors (Lipinski definition) is 1. The van der Waals surface area contributed by atoms with Gasteiger partial charge in [-0.2, -0.15) is 0 Å². The summed E-state index contributed by atoms with van der Waals surface area (Å²) in [5.74, 6) is 0.630. The number of benzene rings is 2. The number of carbonyl (C=O) groups excluding carboxylic acids is 2. The summed E-state index contributed by atoms with van der Waals surface area (Å²) in [6.07, 6.45) is 1.63. The number of anilines is 1. The van der Waals surface area contributed by atoms with Crippen molar-refractivity contribution in [3.63, 3.8) is 0 Å². The lowest BCUT2D eigenvalue weighted by Crippen LogP contribution is -2.36. The molecule has 29 heavy (non-hydrogen) atoms. The molecule has 1 unspecified atom stereocenters. The molecule has 6 nitrogen and oxygen atoms in total. The summed E-state index contributed by atoms with van der Waals surface area (Å²) in [5.41, 5.74) is 2.88. The van der Waals surface area contributed by atoms with E-state index in [9.17, 15) is 9.59 Å². The van der Waals surface area contributed by atoms with E-state index in [-0.39, 0.29) is 11.8 Å². The van der Waals surface area contributed by atoms with E-state index in [1.54, 1.807) is 24.0 Å². The molecule has 2 aromatic carbocycles. The molecule has 0 bridgehead atoms. The minimum atomic E-state index is -0.634. The third-order valence-corrected chi connectivity index (χ3v) is 4.93. The minimum Gasteiger partial charge on any atom is -0.481 e. The molecule has 0 aliphatic carbocycles. The maximum atomic E-state index is 12.5. The molecule has 4 rings (SSSR count). The highest BCUT2D eigenvalue weighted by molar-refractivity contribution is 5.94. The Morgan fingerprint density at radius 1 is 1.07 bits per heavy atom. The Morgan fingerprint density at radius 3 is 2.66 bits per heavy atom. The first-order valence-corrected chi connectivity index (χ1v) is 9.57. The van der Waals surface area contributed by atoms with E-state index in [4.69, 9.17) is 9.15 Å². The minimum absolute atomic E-state index is 0.125. The van der Waals surface area contributed by atoms with Crippen LogP contribution in [0.3, 0.4) is 0 Å². The molecule has 1 aliphatic rings. The predicted molar refractivity (Wildman–Crippen MR) is 109 cm³/mol. The van der Waals surface area contributed by atoms with Gasteiger partial charge in [0.1, 0.15) is 5.75 Å². The van der Waals surface area contributed by atoms with Crippen LogP contribution in [0.25, 0.3) is 0 Å². The summed E-state index contributed by atoms with van der Waals surface area (Å²) < 4.78 is 10.9. The van der Waals surface area contributed by atoms with Crippen molar-refractivity contribution in [2.24, 2.45) is 0 Å². The number of rotatable bonds is 5. The number of amides is 2. The van der Waals surface area contributed by atoms with Gasteiger partial charge in [0.2, 0.25) is 0 Å². The van der Waals surface area contributed by atoms with Crippen molar-refractivity contribution in [2.75, 3.05) is 11.9 Å². The Balaban J connectivity index is 1.42. The molecule has 0 fully saturated rings. The van der Waals surface area contributed by atoms with E-state index in [0.29, 0.717) is 30.3 Å². The van der Waals surface area contributed by atoms with Gasteiger partial charge in [-0.1, -0.05) is 24.3 Å². The largest absolute Gasteiger partial charge is 0.481 e. The van der Waals surface area contributed by atoms with Gasteiger partial charge in [-0.25, -0.2) is 0 Å². The molecule has 148 valence electrons. The lowest BCUT2D eigenvalue weighted by molar-refractivity contribution is -0.122. The first-order valence-electron chi connectivity index (χ1n) is 9.57. The van der Waals surface area contributed by atoms with Gasteiger partial charge in [0.25, 0.3) is 11.8 Å². The summed E-state index contributed by atoms with van der Waals surface area (Å²) in [4.78, 5) is 26.8. The van der Waals surface area contributed by atoms with Crippen LogP contribution in [0.1, 0.15) is 28.6 Å². The van der Waals surface area contributed by atoms with Crippen molar-refractivity contribution in [1.82, 2.24) is 4.90 Å². The second kappa shape index (κ2) is 8.22.